The lowest BCUT2D eigenvalue weighted by molar-refractivity contribution is 0.689. The van der Waals surface area contributed by atoms with Crippen LogP contribution in [0.25, 0.3) is 0 Å². The number of aromatic nitrogens is 4. The standard InChI is InChI=1S/C21H18Cl2N6S/c22-17-5-1-15(2-6-17)13-28-11-9-19(26-28)24-21(30)25-20-10-12-29(27-20)14-16-3-7-18(23)8-4-16/h1-12H,13-14H2,(H2,24,25,26,27,30). The SMILES string of the molecule is S=C(Nc1ccn(Cc2ccc(Cl)cc2)n1)Nc1ccn(Cc2ccc(Cl)cc2)n1. The molecule has 0 aliphatic heterocycles. The topological polar surface area (TPSA) is 59.7 Å². The number of anilines is 2. The second-order valence-corrected chi connectivity index (χ2v) is 7.91. The first-order chi connectivity index (χ1) is 14.5. The van der Waals surface area contributed by atoms with Gasteiger partial charge in [0.25, 0.3) is 0 Å². The molecule has 0 aliphatic rings. The lowest BCUT2D eigenvalue weighted by Gasteiger charge is -2.06. The van der Waals surface area contributed by atoms with Crippen LogP contribution < -0.4 is 10.6 Å². The molecule has 2 aromatic carbocycles. The van der Waals surface area contributed by atoms with Crippen molar-refractivity contribution in [1.29, 1.82) is 0 Å². The highest BCUT2D eigenvalue weighted by Gasteiger charge is 2.06. The fourth-order valence-electron chi connectivity index (χ4n) is 2.85. The van der Waals surface area contributed by atoms with E-state index in [1.54, 1.807) is 0 Å². The number of halogens is 2. The van der Waals surface area contributed by atoms with E-state index in [2.05, 4.69) is 20.8 Å². The first-order valence-electron chi connectivity index (χ1n) is 9.17. The molecule has 9 heteroatoms. The Morgan fingerprint density at radius 3 is 1.50 bits per heavy atom. The maximum atomic E-state index is 5.92. The lowest BCUT2D eigenvalue weighted by Crippen LogP contribution is -2.20. The summed E-state index contributed by atoms with van der Waals surface area (Å²) >= 11 is 17.2. The van der Waals surface area contributed by atoms with E-state index in [0.29, 0.717) is 39.9 Å². The second kappa shape index (κ2) is 9.30. The number of hydrogen-bond donors (Lipinski definition) is 2. The lowest BCUT2D eigenvalue weighted by atomic mass is 10.2. The van der Waals surface area contributed by atoms with Gasteiger partial charge in [-0.25, -0.2) is 0 Å². The zero-order valence-electron chi connectivity index (χ0n) is 15.8. The molecule has 4 aromatic rings. The molecule has 0 saturated carbocycles. The van der Waals surface area contributed by atoms with Crippen LogP contribution in [0.4, 0.5) is 11.6 Å². The van der Waals surface area contributed by atoms with Crippen molar-refractivity contribution in [2.45, 2.75) is 13.1 Å². The smallest absolute Gasteiger partial charge is 0.177 e. The predicted octanol–water partition coefficient (Wildman–Crippen LogP) is 5.29. The van der Waals surface area contributed by atoms with Crippen LogP contribution in [0.2, 0.25) is 10.0 Å². The highest BCUT2D eigenvalue weighted by molar-refractivity contribution is 7.80. The number of benzene rings is 2. The summed E-state index contributed by atoms with van der Waals surface area (Å²) in [6.07, 6.45) is 3.78. The summed E-state index contributed by atoms with van der Waals surface area (Å²) in [6, 6.07) is 19.1. The van der Waals surface area contributed by atoms with Crippen LogP contribution in [-0.4, -0.2) is 24.7 Å². The molecule has 0 radical (unpaired) electrons. The summed E-state index contributed by atoms with van der Waals surface area (Å²) in [5.41, 5.74) is 2.22. The zero-order chi connectivity index (χ0) is 20.9. The summed E-state index contributed by atoms with van der Waals surface area (Å²) in [4.78, 5) is 0. The summed E-state index contributed by atoms with van der Waals surface area (Å²) in [5.74, 6) is 1.31. The minimum absolute atomic E-state index is 0.420. The Kier molecular flexibility index (Phi) is 6.32. The van der Waals surface area contributed by atoms with Crippen LogP contribution in [0.15, 0.2) is 73.1 Å². The van der Waals surface area contributed by atoms with Gasteiger partial charge in [-0.2, -0.15) is 10.2 Å². The van der Waals surface area contributed by atoms with Gasteiger partial charge >= 0.3 is 0 Å². The maximum absolute atomic E-state index is 5.92. The minimum atomic E-state index is 0.420. The summed E-state index contributed by atoms with van der Waals surface area (Å²) in [6.45, 7) is 1.29. The van der Waals surface area contributed by atoms with Gasteiger partial charge < -0.3 is 10.6 Å². The van der Waals surface area contributed by atoms with E-state index >= 15 is 0 Å². The van der Waals surface area contributed by atoms with Crippen molar-refractivity contribution in [2.24, 2.45) is 0 Å². The van der Waals surface area contributed by atoms with E-state index in [-0.39, 0.29) is 0 Å². The average Bonchev–Trinajstić information content (AvgIpc) is 3.35. The summed E-state index contributed by atoms with van der Waals surface area (Å²) in [7, 11) is 0. The van der Waals surface area contributed by atoms with Crippen molar-refractivity contribution >= 4 is 52.2 Å². The molecule has 2 aromatic heterocycles. The normalized spacial score (nSPS) is 10.7. The molecule has 2 N–H and O–H groups in total. The molecular formula is C21H18Cl2N6S. The molecule has 0 aliphatic carbocycles. The van der Waals surface area contributed by atoms with Gasteiger partial charge in [0.1, 0.15) is 0 Å². The van der Waals surface area contributed by atoms with E-state index in [1.807, 2.05) is 82.4 Å². The largest absolute Gasteiger partial charge is 0.316 e. The van der Waals surface area contributed by atoms with Crippen molar-refractivity contribution in [1.82, 2.24) is 19.6 Å². The molecule has 6 nitrogen and oxygen atoms in total. The van der Waals surface area contributed by atoms with Crippen molar-refractivity contribution in [3.05, 3.63) is 94.2 Å². The Labute approximate surface area is 189 Å². The Balaban J connectivity index is 1.30. The molecule has 0 unspecified atom stereocenters. The monoisotopic (exact) mass is 456 g/mol. The first kappa shape index (κ1) is 20.4. The van der Waals surface area contributed by atoms with E-state index in [9.17, 15) is 0 Å². The molecule has 0 bridgehead atoms. The van der Waals surface area contributed by atoms with E-state index < -0.39 is 0 Å². The van der Waals surface area contributed by atoms with Crippen LogP contribution >= 0.6 is 35.4 Å². The van der Waals surface area contributed by atoms with Crippen LogP contribution in [0.1, 0.15) is 11.1 Å². The third-order valence-corrected chi connectivity index (χ3v) is 4.99. The zero-order valence-corrected chi connectivity index (χ0v) is 18.1. The quantitative estimate of drug-likeness (QED) is 0.385. The Morgan fingerprint density at radius 2 is 1.10 bits per heavy atom. The molecule has 0 atom stereocenters. The van der Waals surface area contributed by atoms with Crippen molar-refractivity contribution in [2.75, 3.05) is 10.6 Å². The third kappa shape index (κ3) is 5.60. The van der Waals surface area contributed by atoms with Crippen molar-refractivity contribution in [3.63, 3.8) is 0 Å². The van der Waals surface area contributed by atoms with Gasteiger partial charge in [0.2, 0.25) is 0 Å². The van der Waals surface area contributed by atoms with E-state index in [4.69, 9.17) is 35.4 Å². The number of rotatable bonds is 6. The molecule has 30 heavy (non-hydrogen) atoms. The van der Waals surface area contributed by atoms with Gasteiger partial charge in [-0.05, 0) is 47.6 Å². The van der Waals surface area contributed by atoms with Crippen molar-refractivity contribution < 1.29 is 0 Å². The fraction of sp³-hybridized carbons (Fsp3) is 0.0952. The first-order valence-corrected chi connectivity index (χ1v) is 10.3. The number of thiocarbonyl (C=S) groups is 1. The van der Waals surface area contributed by atoms with Gasteiger partial charge in [0.05, 0.1) is 13.1 Å². The van der Waals surface area contributed by atoms with Gasteiger partial charge in [-0.15, -0.1) is 0 Å². The Morgan fingerprint density at radius 1 is 0.700 bits per heavy atom. The van der Waals surface area contributed by atoms with Crippen LogP contribution in [0.3, 0.4) is 0 Å². The predicted molar refractivity (Wildman–Crippen MR) is 125 cm³/mol. The van der Waals surface area contributed by atoms with E-state index in [1.165, 1.54) is 0 Å². The maximum Gasteiger partial charge on any atom is 0.177 e. The summed E-state index contributed by atoms with van der Waals surface area (Å²) < 4.78 is 3.66. The van der Waals surface area contributed by atoms with Crippen molar-refractivity contribution in [3.8, 4) is 0 Å². The van der Waals surface area contributed by atoms with Crippen LogP contribution in [0.5, 0.6) is 0 Å². The van der Waals surface area contributed by atoms with Crippen LogP contribution in [0, 0.1) is 0 Å². The average molecular weight is 457 g/mol. The van der Waals surface area contributed by atoms with Crippen LogP contribution in [-0.2, 0) is 13.1 Å². The minimum Gasteiger partial charge on any atom is -0.316 e. The molecule has 0 fully saturated rings. The molecule has 4 rings (SSSR count). The molecule has 0 spiro atoms. The fourth-order valence-corrected chi connectivity index (χ4v) is 3.31. The number of hydrogen-bond acceptors (Lipinski definition) is 3. The molecular weight excluding hydrogens is 439 g/mol. The highest BCUT2D eigenvalue weighted by Crippen LogP contribution is 2.13. The van der Waals surface area contributed by atoms with E-state index in [0.717, 1.165) is 11.1 Å². The van der Waals surface area contributed by atoms with Gasteiger partial charge in [0.15, 0.2) is 16.7 Å². The Hall–Kier alpha value is -2.87. The Bertz CT molecular complexity index is 1050. The van der Waals surface area contributed by atoms with Gasteiger partial charge in [0, 0.05) is 34.6 Å². The number of nitrogens with zero attached hydrogens (tertiary/aromatic N) is 4. The van der Waals surface area contributed by atoms with Gasteiger partial charge in [-0.1, -0.05) is 47.5 Å². The molecule has 152 valence electrons. The molecule has 0 amide bonds. The summed E-state index contributed by atoms with van der Waals surface area (Å²) in [5, 5.41) is 17.0. The van der Waals surface area contributed by atoms with Gasteiger partial charge in [-0.3, -0.25) is 9.36 Å². The highest BCUT2D eigenvalue weighted by atomic mass is 35.5. The molecule has 2 heterocycles. The third-order valence-electron chi connectivity index (χ3n) is 4.28. The molecule has 0 saturated heterocycles. The second-order valence-electron chi connectivity index (χ2n) is 6.63. The number of nitrogens with one attached hydrogen (secondary N) is 2.